The Kier molecular flexibility index (Phi) is 49.0. The van der Waals surface area contributed by atoms with E-state index in [0.717, 1.165) is 113 Å². The van der Waals surface area contributed by atoms with E-state index in [1.807, 2.05) is 143 Å². The summed E-state index contributed by atoms with van der Waals surface area (Å²) in [6, 6.07) is 59.8. The second kappa shape index (κ2) is 60.4. The first-order valence-electron chi connectivity index (χ1n) is 45.8. The van der Waals surface area contributed by atoms with Crippen LogP contribution in [0.1, 0.15) is 183 Å². The van der Waals surface area contributed by atoms with Gasteiger partial charge in [-0.15, -0.1) is 0 Å². The van der Waals surface area contributed by atoms with Crippen LogP contribution in [0, 0.1) is 0 Å². The summed E-state index contributed by atoms with van der Waals surface area (Å²) in [7, 11) is 2.72. The number of imidazole rings is 4. The Morgan fingerprint density at radius 1 is 0.425 bits per heavy atom. The van der Waals surface area contributed by atoms with Crippen LogP contribution in [0.25, 0.3) is 0 Å². The maximum atomic E-state index is 12.6. The fourth-order valence-electron chi connectivity index (χ4n) is 13.5. The predicted molar refractivity (Wildman–Crippen MR) is 587 cm³/mol. The Morgan fingerprint density at radius 3 is 1.14 bits per heavy atom. The number of pyridine rings is 5. The molecule has 0 aliphatic heterocycles. The highest BCUT2D eigenvalue weighted by Gasteiger charge is 2.29. The van der Waals surface area contributed by atoms with Gasteiger partial charge in [-0.05, 0) is 150 Å². The van der Waals surface area contributed by atoms with Crippen molar-refractivity contribution in [3.63, 3.8) is 0 Å². The molecule has 0 saturated heterocycles. The molecule has 9 aromatic heterocycles. The molecule has 0 bridgehead atoms. The van der Waals surface area contributed by atoms with E-state index >= 15 is 0 Å². The summed E-state index contributed by atoms with van der Waals surface area (Å²) in [4.78, 5) is 67.6. The number of ether oxygens (including phenoxy) is 7. The van der Waals surface area contributed by atoms with Gasteiger partial charge in [-0.3, -0.25) is 9.36 Å². The van der Waals surface area contributed by atoms with E-state index in [1.54, 1.807) is 119 Å². The van der Waals surface area contributed by atoms with E-state index in [4.69, 9.17) is 145 Å². The van der Waals surface area contributed by atoms with Gasteiger partial charge in [0, 0.05) is 126 Å². The second-order valence-corrected chi connectivity index (χ2v) is 43.3. The minimum absolute atomic E-state index is 0.133. The summed E-state index contributed by atoms with van der Waals surface area (Å²) >= 11 is 59.0. The number of aliphatic hydroxyl groups is 2. The van der Waals surface area contributed by atoms with E-state index in [2.05, 4.69) is 128 Å². The van der Waals surface area contributed by atoms with Crippen molar-refractivity contribution in [3.8, 4) is 23.5 Å². The van der Waals surface area contributed by atoms with Crippen molar-refractivity contribution < 1.29 is 61.8 Å². The normalized spacial score (nSPS) is 11.1. The number of nitrogens with one attached hydrogen (secondary N) is 2. The third kappa shape index (κ3) is 37.6. The van der Waals surface area contributed by atoms with Gasteiger partial charge in [0.15, 0.2) is 6.35 Å². The van der Waals surface area contributed by atoms with Crippen molar-refractivity contribution in [2.24, 2.45) is 0 Å². The molecule has 27 nitrogen and oxygen atoms in total. The Labute approximate surface area is 916 Å². The topological polar surface area (TPSA) is 324 Å². The first-order valence-corrected chi connectivity index (χ1v) is 54.9. The number of aromatic nitrogens is 13. The van der Waals surface area contributed by atoms with Gasteiger partial charge >= 0.3 is 13.6 Å². The first kappa shape index (κ1) is 118. The molecule has 0 radical (unpaired) electrons. The minimum atomic E-state index is -3.34. The molecule has 15 aromatic rings. The van der Waals surface area contributed by atoms with Crippen LogP contribution in [0.2, 0.25) is 40.2 Å². The molecule has 0 saturated carbocycles. The number of hydrogen-bond acceptors (Lipinski definition) is 26. The number of carbonyl (C=O) groups excluding carboxylic acids is 1. The van der Waals surface area contributed by atoms with Crippen molar-refractivity contribution in [2.75, 3.05) is 48.0 Å². The molecule has 0 spiro atoms. The van der Waals surface area contributed by atoms with Crippen LogP contribution >= 0.6 is 163 Å². The summed E-state index contributed by atoms with van der Waals surface area (Å²) in [5.41, 5.74) is 10.3. The second-order valence-electron chi connectivity index (χ2n) is 33.0. The number of esters is 1. The average molecular weight is 2300 g/mol. The van der Waals surface area contributed by atoms with Crippen molar-refractivity contribution >= 4 is 169 Å². The minimum Gasteiger partial charge on any atom is -0.481 e. The number of alkyl halides is 1. The van der Waals surface area contributed by atoms with Crippen LogP contribution in [0.5, 0.6) is 23.5 Å². The molecule has 0 atom stereocenters. The molecule has 0 fully saturated rings. The quantitative estimate of drug-likeness (QED) is 0.0157. The molecule has 0 aliphatic rings. The van der Waals surface area contributed by atoms with E-state index < -0.39 is 13.6 Å². The van der Waals surface area contributed by atoms with Gasteiger partial charge in [-0.2, -0.15) is 0 Å². The molecular formula is C105H113BrCl8N13O14PS4. The van der Waals surface area contributed by atoms with Crippen molar-refractivity contribution in [3.05, 3.63) is 361 Å². The number of aromatic amines is 2. The summed E-state index contributed by atoms with van der Waals surface area (Å²) < 4.78 is 66.1. The zero-order chi connectivity index (χ0) is 106. The molecule has 774 valence electrons. The van der Waals surface area contributed by atoms with Gasteiger partial charge in [-0.25, -0.2) is 44.7 Å². The van der Waals surface area contributed by atoms with Gasteiger partial charge in [0.05, 0.1) is 103 Å². The Morgan fingerprint density at radius 2 is 0.795 bits per heavy atom. The van der Waals surface area contributed by atoms with E-state index in [0.29, 0.717) is 133 Å². The fourth-order valence-corrected chi connectivity index (χ4v) is 22.7. The number of hydrogen-bond donors (Lipinski definition) is 4. The fraction of sp³-hybridized carbons (Fsp3) is 0.295. The molecule has 0 aliphatic carbocycles. The van der Waals surface area contributed by atoms with Crippen LogP contribution in [-0.4, -0.2) is 128 Å². The van der Waals surface area contributed by atoms with Gasteiger partial charge in [-0.1, -0.05) is 296 Å². The van der Waals surface area contributed by atoms with E-state index in [9.17, 15) is 24.4 Å². The maximum Gasteiger partial charge on any atom is 0.367 e. The first-order chi connectivity index (χ1) is 70.1. The van der Waals surface area contributed by atoms with Gasteiger partial charge in [0.25, 0.3) is 0 Å². The molecule has 146 heavy (non-hydrogen) atoms. The monoisotopic (exact) mass is 2300 g/mol. The number of nitrogens with zero attached hydrogens (tertiary/aromatic N) is 11. The standard InChI is InChI=1S/C27H27Cl2N3O2S.C24H30Cl2N3O5PS.C20H20Cl2N2OS.C19H19Cl2N3O2S.C8H9NO3.C7H8BrNO/c1-18(2)26-27(35-23-12-21(28)11-22(29)13-23)32(15-20-9-10-25(33-3)30-14-20)24(31-26)17-34-16-19-7-5-4-6-8-19;1-5-33-35(31,34-6-2)15-32-22-8-7-17(12-27-22)13-29-21(14-30)28-23(16(3)4)24(29)36-20-10-18(25)9-19(26)11-20;1-13(2)19-20(26-17-9-15(21)8-16(22)10-17)24-18(23-19)12-25-11-14-6-4-3-5-7-14;1-11(2)18-19(27-15-6-13(20)5-14(21)7-15)24(16(10-25)23-18)9-12-3-4-17(26)22-8-12;1-11-7-4-3-6(5-9-7)8(10)12-2;1-10-7-3-2-6(4-8)5-9-7/h4-14,18H,15-17H2,1-3H3;7-12,16,30H,5-6,13-15H2,1-4H3;3-10,13H,11-12H2,1-2H3,(H,23,24);3-8,11,25H,9-10H2,1-2H3,(H,22,26);3-5H,1-2H3;2-3,5H,4H2,1H3. The zero-order valence-electron chi connectivity index (χ0n) is 82.6. The number of carbonyl (C=O) groups is 1. The van der Waals surface area contributed by atoms with Gasteiger partial charge < -0.3 is 76.1 Å². The van der Waals surface area contributed by atoms with Crippen LogP contribution in [0.3, 0.4) is 0 Å². The average Bonchev–Trinajstić information content (AvgIpc) is 1.65. The number of halogens is 9. The molecule has 4 N–H and O–H groups in total. The lowest BCUT2D eigenvalue weighted by molar-refractivity contribution is 0.0600. The van der Waals surface area contributed by atoms with Crippen molar-refractivity contribution in [1.82, 2.24) is 63.5 Å². The lowest BCUT2D eigenvalue weighted by Gasteiger charge is -2.17. The molecular weight excluding hydrogens is 2190 g/mol. The third-order valence-corrected chi connectivity index (χ3v) is 28.8. The predicted octanol–water partition coefficient (Wildman–Crippen LogP) is 28.9. The highest BCUT2D eigenvalue weighted by atomic mass is 79.9. The molecule has 15 rings (SSSR count). The van der Waals surface area contributed by atoms with Gasteiger partial charge in [0.1, 0.15) is 69.8 Å². The number of aliphatic hydroxyl groups excluding tert-OH is 2. The summed E-state index contributed by atoms with van der Waals surface area (Å²) in [5, 5.41) is 29.1. The largest absolute Gasteiger partial charge is 0.481 e. The number of rotatable bonds is 40. The molecule has 0 unspecified atom stereocenters. The molecule has 0 amide bonds. The van der Waals surface area contributed by atoms with Crippen molar-refractivity contribution in [1.29, 1.82) is 0 Å². The lowest BCUT2D eigenvalue weighted by atomic mass is 10.1. The van der Waals surface area contributed by atoms with Crippen LogP contribution < -0.4 is 24.5 Å². The van der Waals surface area contributed by atoms with Gasteiger partial charge in [0.2, 0.25) is 29.1 Å². The molecule has 6 aromatic carbocycles. The Bertz CT molecular complexity index is 6630. The molecule has 9 heterocycles. The molecule has 41 heteroatoms. The number of H-pyrrole nitrogens is 2. The van der Waals surface area contributed by atoms with Crippen molar-refractivity contribution in [2.45, 2.75) is 197 Å². The SMILES string of the molecule is CC(C)c1[nH]c(COCc2ccccc2)nc1Sc1cc(Cl)cc(Cl)c1.CC(C)c1nc(CO)n(Cc2ccc(=O)[nH]c2)c1Sc1cc(Cl)cc(Cl)c1.CCOP(=O)(COc1ccc(Cn2c(CO)nc(C(C)C)c2Sc2cc(Cl)cc(Cl)c2)cn1)OCC.COC(=O)c1ccc(OC)nc1.COc1ccc(CBr)cn1.COc1ccc(Cn2c(COCc3ccccc3)nc(C(C)C)c2Sc2cc(Cl)cc(Cl)c2)cn1. The van der Waals surface area contributed by atoms with Crippen LogP contribution in [0.4, 0.5) is 0 Å². The van der Waals surface area contributed by atoms with E-state index in [1.165, 1.54) is 50.0 Å². The summed E-state index contributed by atoms with van der Waals surface area (Å²) in [6.07, 6.45) is 8.13. The third-order valence-electron chi connectivity index (χ3n) is 20.4. The smallest absolute Gasteiger partial charge is 0.367 e. The van der Waals surface area contributed by atoms with Crippen LogP contribution in [0.15, 0.2) is 270 Å². The highest BCUT2D eigenvalue weighted by Crippen LogP contribution is 2.49. The zero-order valence-corrected chi connectivity index (χ0v) is 94.4. The lowest BCUT2D eigenvalue weighted by Crippen LogP contribution is -2.09. The Balaban J connectivity index is 0.000000187. The summed E-state index contributed by atoms with van der Waals surface area (Å²) in [5.74, 6) is 5.25. The summed E-state index contributed by atoms with van der Waals surface area (Å²) in [6.45, 7) is 23.8. The van der Waals surface area contributed by atoms with E-state index in [-0.39, 0.29) is 56.1 Å². The number of methoxy groups -OCH3 is 4. The van der Waals surface area contributed by atoms with Crippen LogP contribution in [-0.2, 0) is 92.4 Å². The number of benzene rings is 6. The highest BCUT2D eigenvalue weighted by molar-refractivity contribution is 9.08. The Hall–Kier alpha value is -9.43. The maximum absolute atomic E-state index is 12.6.